The Bertz CT molecular complexity index is 541. The molecule has 0 saturated heterocycles. The lowest BCUT2D eigenvalue weighted by atomic mass is 10.1. The number of nitrogens with one attached hydrogen (secondary N) is 1. The summed E-state index contributed by atoms with van der Waals surface area (Å²) < 4.78 is 6.31. The minimum absolute atomic E-state index is 0.00537. The lowest BCUT2D eigenvalue weighted by Crippen LogP contribution is -2.32. The smallest absolute Gasteiger partial charge is 0.126 e. The molecule has 0 aliphatic carbocycles. The van der Waals surface area contributed by atoms with Crippen LogP contribution >= 0.6 is 22.9 Å². The molecule has 0 aromatic carbocycles. The fourth-order valence-corrected chi connectivity index (χ4v) is 3.07. The first-order chi connectivity index (χ1) is 9.24. The summed E-state index contributed by atoms with van der Waals surface area (Å²) >= 11 is 7.58. The Hall–Kier alpha value is -1.21. The molecule has 2 atom stereocenters. The third-order valence-corrected chi connectivity index (χ3v) is 4.26. The molecule has 2 rings (SSSR count). The molecule has 2 aromatic rings. The van der Waals surface area contributed by atoms with Gasteiger partial charge in [-0.25, -0.2) is 0 Å². The summed E-state index contributed by atoms with van der Waals surface area (Å²) in [6.45, 7) is 2.12. The average Bonchev–Trinajstić information content (AvgIpc) is 3.06. The van der Waals surface area contributed by atoms with E-state index < -0.39 is 0 Å². The minimum Gasteiger partial charge on any atom is -0.467 e. The molecule has 0 bridgehead atoms. The van der Waals surface area contributed by atoms with Gasteiger partial charge in [0.25, 0.3) is 0 Å². The number of thiophene rings is 1. The van der Waals surface area contributed by atoms with Crippen LogP contribution in [0.2, 0.25) is 4.34 Å². The van der Waals surface area contributed by atoms with E-state index in [0.717, 1.165) is 21.4 Å². The maximum atomic E-state index is 6.03. The van der Waals surface area contributed by atoms with Crippen LogP contribution in [0.4, 0.5) is 0 Å². The van der Waals surface area contributed by atoms with Gasteiger partial charge in [-0.2, -0.15) is 0 Å². The highest BCUT2D eigenvalue weighted by atomic mass is 35.5. The van der Waals surface area contributed by atoms with Gasteiger partial charge in [0.05, 0.1) is 10.6 Å². The molecule has 4 heteroatoms. The molecular weight excluding hydrogens is 278 g/mol. The first kappa shape index (κ1) is 14.2. The summed E-state index contributed by atoms with van der Waals surface area (Å²) in [7, 11) is 0. The maximum absolute atomic E-state index is 6.03. The van der Waals surface area contributed by atoms with E-state index in [2.05, 4.69) is 18.2 Å². The molecule has 0 aliphatic rings. The van der Waals surface area contributed by atoms with Gasteiger partial charge in [-0.05, 0) is 30.7 Å². The van der Waals surface area contributed by atoms with Crippen LogP contribution in [0.3, 0.4) is 0 Å². The van der Waals surface area contributed by atoms with E-state index in [1.165, 1.54) is 0 Å². The standard InChI is InChI=1S/C15H16ClNOS/c1-3-6-11(4-2)17-15(12-7-5-10-18-12)13-8-9-14(16)19-13/h1,5,7-11,15,17H,4,6H2,2H3. The molecule has 0 aliphatic heterocycles. The minimum atomic E-state index is 0.00537. The molecule has 0 spiro atoms. The van der Waals surface area contributed by atoms with Gasteiger partial charge in [0.1, 0.15) is 11.8 Å². The Morgan fingerprint density at radius 3 is 2.84 bits per heavy atom. The molecular formula is C15H16ClNOS. The molecule has 100 valence electrons. The van der Waals surface area contributed by atoms with Crippen molar-refractivity contribution >= 4 is 22.9 Å². The molecule has 0 amide bonds. The third-order valence-electron chi connectivity index (χ3n) is 2.97. The number of hydrogen-bond donors (Lipinski definition) is 1. The molecule has 1 N–H and O–H groups in total. The zero-order chi connectivity index (χ0) is 13.7. The molecule has 0 saturated carbocycles. The Balaban J connectivity index is 2.23. The average molecular weight is 294 g/mol. The topological polar surface area (TPSA) is 25.2 Å². The first-order valence-electron chi connectivity index (χ1n) is 6.22. The molecule has 2 heterocycles. The molecule has 19 heavy (non-hydrogen) atoms. The van der Waals surface area contributed by atoms with Crippen molar-refractivity contribution in [3.63, 3.8) is 0 Å². The zero-order valence-corrected chi connectivity index (χ0v) is 12.3. The van der Waals surface area contributed by atoms with Gasteiger partial charge in [0.2, 0.25) is 0 Å². The van der Waals surface area contributed by atoms with Crippen LogP contribution in [0.15, 0.2) is 34.9 Å². The third kappa shape index (κ3) is 3.63. The molecule has 2 unspecified atom stereocenters. The highest BCUT2D eigenvalue weighted by Gasteiger charge is 2.21. The number of furan rings is 1. The summed E-state index contributed by atoms with van der Waals surface area (Å²) in [5.41, 5.74) is 0. The van der Waals surface area contributed by atoms with Crippen molar-refractivity contribution < 1.29 is 4.42 Å². The van der Waals surface area contributed by atoms with Crippen LogP contribution in [0.25, 0.3) is 0 Å². The van der Waals surface area contributed by atoms with Crippen molar-refractivity contribution in [3.8, 4) is 12.3 Å². The second kappa shape index (κ2) is 6.81. The van der Waals surface area contributed by atoms with Crippen molar-refractivity contribution in [1.82, 2.24) is 5.32 Å². The lowest BCUT2D eigenvalue weighted by molar-refractivity contribution is 0.403. The van der Waals surface area contributed by atoms with Gasteiger partial charge >= 0.3 is 0 Å². The van der Waals surface area contributed by atoms with Gasteiger partial charge in [-0.1, -0.05) is 18.5 Å². The normalized spacial score (nSPS) is 13.9. The monoisotopic (exact) mass is 293 g/mol. The van der Waals surface area contributed by atoms with Crippen molar-refractivity contribution in [3.05, 3.63) is 45.5 Å². The van der Waals surface area contributed by atoms with Gasteiger partial charge < -0.3 is 4.42 Å². The lowest BCUT2D eigenvalue weighted by Gasteiger charge is -2.21. The quantitative estimate of drug-likeness (QED) is 0.795. The maximum Gasteiger partial charge on any atom is 0.126 e. The molecule has 0 radical (unpaired) electrons. The number of hydrogen-bond acceptors (Lipinski definition) is 3. The fourth-order valence-electron chi connectivity index (χ4n) is 1.94. The van der Waals surface area contributed by atoms with E-state index >= 15 is 0 Å². The van der Waals surface area contributed by atoms with Gasteiger partial charge in [0.15, 0.2) is 0 Å². The Kier molecular flexibility index (Phi) is 5.09. The summed E-state index contributed by atoms with van der Waals surface area (Å²) in [5.74, 6) is 3.59. The first-order valence-corrected chi connectivity index (χ1v) is 7.42. The molecule has 2 nitrogen and oxygen atoms in total. The highest BCUT2D eigenvalue weighted by molar-refractivity contribution is 7.16. The van der Waals surface area contributed by atoms with Crippen LogP contribution in [-0.2, 0) is 0 Å². The van der Waals surface area contributed by atoms with Crippen molar-refractivity contribution in [2.45, 2.75) is 31.8 Å². The number of halogens is 1. The summed E-state index contributed by atoms with van der Waals surface area (Å²) in [6, 6.07) is 8.05. The molecule has 2 aromatic heterocycles. The summed E-state index contributed by atoms with van der Waals surface area (Å²) in [4.78, 5) is 1.13. The fraction of sp³-hybridized carbons (Fsp3) is 0.333. The predicted molar refractivity (Wildman–Crippen MR) is 80.5 cm³/mol. The predicted octanol–water partition coefficient (Wildman–Crippen LogP) is 4.48. The molecule has 0 fully saturated rings. The van der Waals surface area contributed by atoms with Crippen LogP contribution < -0.4 is 5.32 Å². The van der Waals surface area contributed by atoms with Crippen LogP contribution in [0, 0.1) is 12.3 Å². The van der Waals surface area contributed by atoms with Gasteiger partial charge in [-0.15, -0.1) is 23.7 Å². The van der Waals surface area contributed by atoms with Crippen LogP contribution in [-0.4, -0.2) is 6.04 Å². The van der Waals surface area contributed by atoms with E-state index in [4.69, 9.17) is 22.4 Å². The van der Waals surface area contributed by atoms with Crippen molar-refractivity contribution in [2.75, 3.05) is 0 Å². The summed E-state index contributed by atoms with van der Waals surface area (Å²) in [6.07, 6.45) is 8.77. The van der Waals surface area contributed by atoms with Gasteiger partial charge in [-0.3, -0.25) is 5.32 Å². The Labute approximate surface area is 122 Å². The van der Waals surface area contributed by atoms with Crippen molar-refractivity contribution in [1.29, 1.82) is 0 Å². The number of terminal acetylenes is 1. The van der Waals surface area contributed by atoms with E-state index in [1.807, 2.05) is 24.3 Å². The van der Waals surface area contributed by atoms with E-state index in [9.17, 15) is 0 Å². The number of rotatable bonds is 6. The second-order valence-electron chi connectivity index (χ2n) is 4.27. The van der Waals surface area contributed by atoms with E-state index in [1.54, 1.807) is 17.6 Å². The van der Waals surface area contributed by atoms with Crippen LogP contribution in [0.5, 0.6) is 0 Å². The van der Waals surface area contributed by atoms with Crippen molar-refractivity contribution in [2.24, 2.45) is 0 Å². The Morgan fingerprint density at radius 2 is 2.32 bits per heavy atom. The largest absolute Gasteiger partial charge is 0.467 e. The van der Waals surface area contributed by atoms with Crippen LogP contribution in [0.1, 0.15) is 36.4 Å². The summed E-state index contributed by atoms with van der Waals surface area (Å²) in [5, 5.41) is 3.55. The second-order valence-corrected chi connectivity index (χ2v) is 6.02. The highest BCUT2D eigenvalue weighted by Crippen LogP contribution is 2.32. The Morgan fingerprint density at radius 1 is 1.47 bits per heavy atom. The van der Waals surface area contributed by atoms with Gasteiger partial charge in [0, 0.05) is 17.3 Å². The zero-order valence-electron chi connectivity index (χ0n) is 10.7. The van der Waals surface area contributed by atoms with E-state index in [0.29, 0.717) is 6.42 Å². The SMILES string of the molecule is C#CCC(CC)NC(c1ccco1)c1ccc(Cl)s1. The van der Waals surface area contributed by atoms with E-state index in [-0.39, 0.29) is 12.1 Å².